The van der Waals surface area contributed by atoms with Crippen LogP contribution in [0.15, 0.2) is 35.4 Å². The van der Waals surface area contributed by atoms with E-state index in [1.54, 1.807) is 23.4 Å². The zero-order chi connectivity index (χ0) is 11.4. The predicted molar refractivity (Wildman–Crippen MR) is 69.8 cm³/mol. The van der Waals surface area contributed by atoms with Gasteiger partial charge in [-0.15, -0.1) is 23.0 Å². The second-order valence-electron chi connectivity index (χ2n) is 3.61. The molecule has 0 bridgehead atoms. The van der Waals surface area contributed by atoms with Crippen molar-refractivity contribution in [3.63, 3.8) is 0 Å². The number of nitrogens with one attached hydrogen (secondary N) is 1. The summed E-state index contributed by atoms with van der Waals surface area (Å²) in [5.41, 5.74) is 4.07. The molecule has 0 fully saturated rings. The predicted octanol–water partition coefficient (Wildman–Crippen LogP) is 1.57. The lowest BCUT2D eigenvalue weighted by atomic mass is 10.3. The van der Waals surface area contributed by atoms with Gasteiger partial charge in [0.15, 0.2) is 0 Å². The normalized spacial score (nSPS) is 13.7. The SMILES string of the molecule is CC(=O)CCN1N=CN(c2ccccc2)N1.Cl. The molecule has 2 rings (SSSR count). The fraction of sp³-hybridized carbons (Fsp3) is 0.273. The molecule has 1 heterocycles. The Kier molecular flexibility index (Phi) is 4.93. The van der Waals surface area contributed by atoms with E-state index in [1.165, 1.54) is 0 Å². The molecule has 1 N–H and O–H groups in total. The number of hydrogen-bond donors (Lipinski definition) is 1. The van der Waals surface area contributed by atoms with Crippen LogP contribution in [0.5, 0.6) is 0 Å². The first-order valence-electron chi connectivity index (χ1n) is 5.17. The van der Waals surface area contributed by atoms with Crippen molar-refractivity contribution in [3.05, 3.63) is 30.3 Å². The summed E-state index contributed by atoms with van der Waals surface area (Å²) in [7, 11) is 0. The maximum absolute atomic E-state index is 10.8. The number of hydrazone groups is 1. The van der Waals surface area contributed by atoms with Crippen LogP contribution in [0, 0.1) is 0 Å². The van der Waals surface area contributed by atoms with E-state index < -0.39 is 0 Å². The average molecular weight is 255 g/mol. The van der Waals surface area contributed by atoms with E-state index in [9.17, 15) is 4.79 Å². The number of hydrogen-bond acceptors (Lipinski definition) is 5. The number of hydrazine groups is 2. The Bertz CT molecular complexity index is 396. The van der Waals surface area contributed by atoms with E-state index in [2.05, 4.69) is 10.6 Å². The zero-order valence-corrected chi connectivity index (χ0v) is 10.4. The summed E-state index contributed by atoms with van der Waals surface area (Å²) in [6, 6.07) is 9.84. The fourth-order valence-corrected chi connectivity index (χ4v) is 1.37. The van der Waals surface area contributed by atoms with Gasteiger partial charge in [0.2, 0.25) is 0 Å². The lowest BCUT2D eigenvalue weighted by Gasteiger charge is -2.19. The minimum atomic E-state index is 0. The van der Waals surface area contributed by atoms with E-state index in [0.717, 1.165) is 5.69 Å². The molecule has 92 valence electrons. The van der Waals surface area contributed by atoms with Gasteiger partial charge in [0.25, 0.3) is 0 Å². The highest BCUT2D eigenvalue weighted by atomic mass is 35.5. The van der Waals surface area contributed by atoms with E-state index in [1.807, 2.05) is 30.3 Å². The van der Waals surface area contributed by atoms with Crippen LogP contribution in [-0.2, 0) is 4.79 Å². The minimum absolute atomic E-state index is 0. The largest absolute Gasteiger partial charge is 0.300 e. The fourth-order valence-electron chi connectivity index (χ4n) is 1.37. The first-order valence-corrected chi connectivity index (χ1v) is 5.17. The second kappa shape index (κ2) is 6.22. The molecule has 1 aromatic carbocycles. The quantitative estimate of drug-likeness (QED) is 0.886. The summed E-state index contributed by atoms with van der Waals surface area (Å²) in [6.07, 6.45) is 2.18. The molecule has 6 heteroatoms. The molecular weight excluding hydrogens is 240 g/mol. The standard InChI is InChI=1S/C11H14N4O.ClH/c1-10(16)7-8-15-12-9-14(13-15)11-5-3-2-4-6-11;/h2-6,9,13H,7-8H2,1H3;1H. The van der Waals surface area contributed by atoms with Crippen LogP contribution in [0.25, 0.3) is 0 Å². The van der Waals surface area contributed by atoms with Gasteiger partial charge >= 0.3 is 0 Å². The monoisotopic (exact) mass is 254 g/mol. The molecule has 0 aliphatic carbocycles. The van der Waals surface area contributed by atoms with Crippen LogP contribution < -0.4 is 10.5 Å². The van der Waals surface area contributed by atoms with E-state index in [0.29, 0.717) is 13.0 Å². The van der Waals surface area contributed by atoms with Gasteiger partial charge in [0.1, 0.15) is 12.1 Å². The number of benzene rings is 1. The molecule has 0 radical (unpaired) electrons. The third-order valence-electron chi connectivity index (χ3n) is 2.24. The third kappa shape index (κ3) is 3.72. The molecule has 0 amide bonds. The van der Waals surface area contributed by atoms with Crippen molar-refractivity contribution in [2.75, 3.05) is 11.6 Å². The number of ketones is 1. The maximum atomic E-state index is 10.8. The molecule has 0 unspecified atom stereocenters. The number of nitrogens with zero attached hydrogens (tertiary/aromatic N) is 3. The van der Waals surface area contributed by atoms with Crippen LogP contribution >= 0.6 is 12.4 Å². The van der Waals surface area contributed by atoms with E-state index in [-0.39, 0.29) is 18.2 Å². The smallest absolute Gasteiger partial charge is 0.133 e. The summed E-state index contributed by atoms with van der Waals surface area (Å²) in [6.45, 7) is 2.16. The Labute approximate surface area is 106 Å². The number of anilines is 1. The van der Waals surface area contributed by atoms with Crippen molar-refractivity contribution in [1.29, 1.82) is 0 Å². The Hall–Kier alpha value is -1.59. The third-order valence-corrected chi connectivity index (χ3v) is 2.24. The lowest BCUT2D eigenvalue weighted by molar-refractivity contribution is -0.117. The van der Waals surface area contributed by atoms with Crippen LogP contribution in [-0.4, -0.2) is 23.8 Å². The molecule has 5 nitrogen and oxygen atoms in total. The van der Waals surface area contributed by atoms with Crippen molar-refractivity contribution < 1.29 is 4.79 Å². The Morgan fingerprint density at radius 1 is 1.35 bits per heavy atom. The van der Waals surface area contributed by atoms with Gasteiger partial charge in [-0.1, -0.05) is 18.2 Å². The number of Topliss-reactive ketones (excluding diaryl/α,β-unsaturated/α-hetero) is 1. The Morgan fingerprint density at radius 3 is 2.71 bits per heavy atom. The number of para-hydroxylation sites is 1. The second-order valence-corrected chi connectivity index (χ2v) is 3.61. The van der Waals surface area contributed by atoms with Crippen molar-refractivity contribution >= 4 is 30.2 Å². The van der Waals surface area contributed by atoms with Gasteiger partial charge in [-0.3, -0.25) is 4.79 Å². The zero-order valence-electron chi connectivity index (χ0n) is 9.54. The molecule has 0 saturated carbocycles. The van der Waals surface area contributed by atoms with Crippen molar-refractivity contribution in [2.24, 2.45) is 5.10 Å². The average Bonchev–Trinajstić information content (AvgIpc) is 2.76. The van der Waals surface area contributed by atoms with Crippen LogP contribution in [0.2, 0.25) is 0 Å². The van der Waals surface area contributed by atoms with Crippen molar-refractivity contribution in [1.82, 2.24) is 10.7 Å². The molecule has 17 heavy (non-hydrogen) atoms. The van der Waals surface area contributed by atoms with Crippen LogP contribution in [0.4, 0.5) is 5.69 Å². The number of carbonyl (C=O) groups is 1. The molecule has 0 atom stereocenters. The van der Waals surface area contributed by atoms with Gasteiger partial charge in [-0.25, -0.2) is 10.1 Å². The summed E-state index contributed by atoms with van der Waals surface area (Å²) in [5.74, 6) is 0.162. The highest BCUT2D eigenvalue weighted by Gasteiger charge is 2.14. The van der Waals surface area contributed by atoms with Gasteiger partial charge in [-0.2, -0.15) is 0 Å². The molecule has 1 aromatic rings. The molecular formula is C11H15ClN4O. The molecule has 0 saturated heterocycles. The Morgan fingerprint density at radius 2 is 2.06 bits per heavy atom. The van der Waals surface area contributed by atoms with Crippen molar-refractivity contribution in [2.45, 2.75) is 13.3 Å². The molecule has 1 aliphatic heterocycles. The van der Waals surface area contributed by atoms with Crippen molar-refractivity contribution in [3.8, 4) is 0 Å². The van der Waals surface area contributed by atoms with Gasteiger partial charge in [0, 0.05) is 6.42 Å². The van der Waals surface area contributed by atoms with Gasteiger partial charge in [0.05, 0.1) is 12.2 Å². The van der Waals surface area contributed by atoms with Crippen LogP contribution in [0.3, 0.4) is 0 Å². The topological polar surface area (TPSA) is 47.9 Å². The lowest BCUT2D eigenvalue weighted by Crippen LogP contribution is -2.41. The first kappa shape index (κ1) is 13.5. The number of carbonyl (C=O) groups excluding carboxylic acids is 1. The summed E-state index contributed by atoms with van der Waals surface area (Å²) in [5, 5.41) is 7.59. The summed E-state index contributed by atoms with van der Waals surface area (Å²) in [4.78, 5) is 10.8. The van der Waals surface area contributed by atoms with Crippen LogP contribution in [0.1, 0.15) is 13.3 Å². The van der Waals surface area contributed by atoms with Gasteiger partial charge in [-0.05, 0) is 19.1 Å². The minimum Gasteiger partial charge on any atom is -0.300 e. The van der Waals surface area contributed by atoms with Gasteiger partial charge < -0.3 is 0 Å². The first-order chi connectivity index (χ1) is 7.75. The van der Waals surface area contributed by atoms with E-state index >= 15 is 0 Å². The molecule has 0 spiro atoms. The highest BCUT2D eigenvalue weighted by Crippen LogP contribution is 2.12. The highest BCUT2D eigenvalue weighted by molar-refractivity contribution is 5.85. The molecule has 0 aromatic heterocycles. The summed E-state index contributed by atoms with van der Waals surface area (Å²) >= 11 is 0. The maximum Gasteiger partial charge on any atom is 0.133 e. The number of rotatable bonds is 4. The number of halogens is 1. The summed E-state index contributed by atoms with van der Waals surface area (Å²) < 4.78 is 0. The van der Waals surface area contributed by atoms with E-state index in [4.69, 9.17) is 0 Å². The Balaban J connectivity index is 0.00000144. The molecule has 1 aliphatic rings.